The number of ether oxygens (including phenoxy) is 1. The second-order valence-electron chi connectivity index (χ2n) is 5.99. The zero-order chi connectivity index (χ0) is 19.6. The number of fused-ring (bicyclic) bond motifs is 1. The third-order valence-corrected chi connectivity index (χ3v) is 5.49. The van der Waals surface area contributed by atoms with Gasteiger partial charge in [-0.1, -0.05) is 30.3 Å². The predicted molar refractivity (Wildman–Crippen MR) is 108 cm³/mol. The van der Waals surface area contributed by atoms with Crippen molar-refractivity contribution in [2.24, 2.45) is 4.99 Å². The van der Waals surface area contributed by atoms with Crippen molar-refractivity contribution in [1.29, 1.82) is 0 Å². The van der Waals surface area contributed by atoms with Crippen LogP contribution >= 0.6 is 11.3 Å². The van der Waals surface area contributed by atoms with Gasteiger partial charge in [0.1, 0.15) is 10.8 Å². The molecule has 0 unspecified atom stereocenters. The van der Waals surface area contributed by atoms with Gasteiger partial charge >= 0.3 is 5.97 Å². The predicted octanol–water partition coefficient (Wildman–Crippen LogP) is 5.05. The summed E-state index contributed by atoms with van der Waals surface area (Å²) < 4.78 is 5.12. The van der Waals surface area contributed by atoms with Crippen LogP contribution < -0.4 is 0 Å². The first-order valence-electron chi connectivity index (χ1n) is 8.50. The Bertz CT molecular complexity index is 1070. The zero-order valence-electron chi connectivity index (χ0n) is 15.3. The molecule has 0 atom stereocenters. The fourth-order valence-electron chi connectivity index (χ4n) is 2.91. The van der Waals surface area contributed by atoms with Gasteiger partial charge in [0.25, 0.3) is 0 Å². The number of phenols is 1. The number of benzene rings is 2. The molecule has 0 aliphatic carbocycles. The summed E-state index contributed by atoms with van der Waals surface area (Å²) in [7, 11) is 0. The maximum Gasteiger partial charge on any atom is 0.341 e. The molecule has 0 amide bonds. The lowest BCUT2D eigenvalue weighted by atomic mass is 10.0. The van der Waals surface area contributed by atoms with Crippen molar-refractivity contribution < 1.29 is 19.4 Å². The van der Waals surface area contributed by atoms with Crippen LogP contribution in [-0.2, 0) is 4.74 Å². The fraction of sp³-hybridized carbons (Fsp3) is 0.190. The van der Waals surface area contributed by atoms with Crippen LogP contribution in [0.5, 0.6) is 5.75 Å². The van der Waals surface area contributed by atoms with E-state index < -0.39 is 5.97 Å². The number of hydrogen-bond donors (Lipinski definition) is 1. The highest BCUT2D eigenvalue weighted by atomic mass is 32.1. The van der Waals surface area contributed by atoms with Gasteiger partial charge in [-0.15, -0.1) is 11.3 Å². The van der Waals surface area contributed by atoms with Crippen LogP contribution in [0.15, 0.2) is 41.4 Å². The Kier molecular flexibility index (Phi) is 5.37. The van der Waals surface area contributed by atoms with E-state index in [1.165, 1.54) is 13.1 Å². The summed E-state index contributed by atoms with van der Waals surface area (Å²) in [5.74, 6) is -0.541. The first-order chi connectivity index (χ1) is 12.9. The number of thiophene rings is 1. The molecule has 1 heterocycles. The van der Waals surface area contributed by atoms with Crippen molar-refractivity contribution in [3.63, 3.8) is 0 Å². The van der Waals surface area contributed by atoms with E-state index in [0.717, 1.165) is 22.1 Å². The van der Waals surface area contributed by atoms with Crippen LogP contribution in [0.25, 0.3) is 10.8 Å². The van der Waals surface area contributed by atoms with Crippen molar-refractivity contribution in [3.8, 4) is 5.75 Å². The summed E-state index contributed by atoms with van der Waals surface area (Å²) in [6, 6.07) is 11.1. The molecule has 6 heteroatoms. The van der Waals surface area contributed by atoms with Gasteiger partial charge in [0.2, 0.25) is 0 Å². The summed E-state index contributed by atoms with van der Waals surface area (Å²) in [5.41, 5.74) is 1.42. The number of aliphatic imine (C=N–C) groups is 1. The average molecular weight is 381 g/mol. The Hall–Kier alpha value is -2.99. The molecule has 3 aromatic rings. The van der Waals surface area contributed by atoms with E-state index >= 15 is 0 Å². The third kappa shape index (κ3) is 3.61. The van der Waals surface area contributed by atoms with Gasteiger partial charge < -0.3 is 9.84 Å². The topological polar surface area (TPSA) is 76.0 Å². The molecule has 1 N–H and O–H groups in total. The summed E-state index contributed by atoms with van der Waals surface area (Å²) in [5, 5.41) is 12.5. The van der Waals surface area contributed by atoms with E-state index in [1.807, 2.05) is 30.3 Å². The number of carbonyl (C=O) groups is 2. The van der Waals surface area contributed by atoms with Crippen LogP contribution in [0.2, 0.25) is 0 Å². The maximum atomic E-state index is 12.4. The number of ketones is 1. The number of hydrogen-bond acceptors (Lipinski definition) is 6. The average Bonchev–Trinajstić information content (AvgIpc) is 2.97. The highest BCUT2D eigenvalue weighted by Gasteiger charge is 2.23. The standard InChI is InChI=1S/C21H19NO4S/c1-4-26-21(25)18-12(2)19(13(3)23)27-20(18)22-11-16-15-8-6-5-7-14(15)9-10-17(16)24/h5-11,24H,4H2,1-3H3. The normalized spacial score (nSPS) is 11.2. The lowest BCUT2D eigenvalue weighted by Gasteiger charge is -2.05. The summed E-state index contributed by atoms with van der Waals surface area (Å²) in [6.45, 7) is 5.13. The molecule has 5 nitrogen and oxygen atoms in total. The lowest BCUT2D eigenvalue weighted by molar-refractivity contribution is 0.0527. The number of rotatable bonds is 5. The number of Topliss-reactive ketones (excluding diaryl/α,β-unsaturated/α-hetero) is 1. The first-order valence-corrected chi connectivity index (χ1v) is 9.32. The van der Waals surface area contributed by atoms with Crippen LogP contribution in [-0.4, -0.2) is 29.7 Å². The minimum absolute atomic E-state index is 0.0928. The quantitative estimate of drug-likeness (QED) is 0.381. The minimum Gasteiger partial charge on any atom is -0.507 e. The number of aromatic hydroxyl groups is 1. The molecule has 0 aliphatic heterocycles. The molecule has 138 valence electrons. The summed E-state index contributed by atoms with van der Waals surface area (Å²) >= 11 is 1.15. The Morgan fingerprint density at radius 1 is 1.22 bits per heavy atom. The monoisotopic (exact) mass is 381 g/mol. The van der Waals surface area contributed by atoms with E-state index in [9.17, 15) is 14.7 Å². The van der Waals surface area contributed by atoms with Gasteiger partial charge in [-0.05, 0) is 43.2 Å². The summed E-state index contributed by atoms with van der Waals surface area (Å²) in [6.07, 6.45) is 1.52. The van der Waals surface area contributed by atoms with Crippen molar-refractivity contribution in [2.45, 2.75) is 20.8 Å². The molecule has 0 aliphatic rings. The SMILES string of the molecule is CCOC(=O)c1c(N=Cc2c(O)ccc3ccccc23)sc(C(C)=O)c1C. The van der Waals surface area contributed by atoms with Crippen LogP contribution in [0.1, 0.15) is 45.0 Å². The number of carbonyl (C=O) groups excluding carboxylic acids is 2. The van der Waals surface area contributed by atoms with Crippen molar-refractivity contribution >= 4 is 45.1 Å². The lowest BCUT2D eigenvalue weighted by Crippen LogP contribution is -2.06. The zero-order valence-corrected chi connectivity index (χ0v) is 16.1. The second kappa shape index (κ2) is 7.72. The molecule has 0 spiro atoms. The van der Waals surface area contributed by atoms with Crippen LogP contribution in [0.3, 0.4) is 0 Å². The highest BCUT2D eigenvalue weighted by Crippen LogP contribution is 2.37. The Morgan fingerprint density at radius 2 is 1.96 bits per heavy atom. The number of esters is 1. The molecular weight excluding hydrogens is 362 g/mol. The Balaban J connectivity index is 2.13. The molecule has 0 bridgehead atoms. The largest absolute Gasteiger partial charge is 0.507 e. The molecule has 1 aromatic heterocycles. The molecule has 2 aromatic carbocycles. The van der Waals surface area contributed by atoms with Crippen molar-refractivity contribution in [1.82, 2.24) is 0 Å². The van der Waals surface area contributed by atoms with Crippen LogP contribution in [0, 0.1) is 6.92 Å². The van der Waals surface area contributed by atoms with E-state index in [1.54, 1.807) is 19.9 Å². The Morgan fingerprint density at radius 3 is 2.67 bits per heavy atom. The molecule has 27 heavy (non-hydrogen) atoms. The minimum atomic E-state index is -0.506. The molecule has 0 fully saturated rings. The van der Waals surface area contributed by atoms with Crippen LogP contribution in [0.4, 0.5) is 5.00 Å². The van der Waals surface area contributed by atoms with Gasteiger partial charge in [0.05, 0.1) is 17.0 Å². The van der Waals surface area contributed by atoms with Crippen molar-refractivity contribution in [3.05, 3.63) is 58.0 Å². The Labute approximate surface area is 160 Å². The third-order valence-electron chi connectivity index (χ3n) is 4.19. The van der Waals surface area contributed by atoms with Crippen molar-refractivity contribution in [2.75, 3.05) is 6.61 Å². The second-order valence-corrected chi connectivity index (χ2v) is 6.99. The van der Waals surface area contributed by atoms with Gasteiger partial charge in [-0.2, -0.15) is 0 Å². The van der Waals surface area contributed by atoms with Gasteiger partial charge in [0, 0.05) is 11.8 Å². The molecular formula is C21H19NO4S. The molecule has 0 radical (unpaired) electrons. The van der Waals surface area contributed by atoms with Gasteiger partial charge in [-0.25, -0.2) is 9.79 Å². The fourth-order valence-corrected chi connectivity index (χ4v) is 3.95. The number of phenolic OH excluding ortho intramolecular Hbond substituents is 1. The van der Waals surface area contributed by atoms with E-state index in [2.05, 4.69) is 4.99 Å². The molecule has 3 rings (SSSR count). The molecule has 0 saturated carbocycles. The smallest absolute Gasteiger partial charge is 0.341 e. The van der Waals surface area contributed by atoms with E-state index in [4.69, 9.17) is 4.74 Å². The maximum absolute atomic E-state index is 12.4. The number of nitrogens with zero attached hydrogens (tertiary/aromatic N) is 1. The first kappa shape index (κ1) is 18.8. The highest BCUT2D eigenvalue weighted by molar-refractivity contribution is 7.18. The van der Waals surface area contributed by atoms with E-state index in [0.29, 0.717) is 26.6 Å². The van der Waals surface area contributed by atoms with Gasteiger partial charge in [-0.3, -0.25) is 4.79 Å². The molecule has 0 saturated heterocycles. The van der Waals surface area contributed by atoms with Gasteiger partial charge in [0.15, 0.2) is 5.78 Å². The summed E-state index contributed by atoms with van der Waals surface area (Å²) in [4.78, 5) is 29.2. The van der Waals surface area contributed by atoms with E-state index in [-0.39, 0.29) is 18.1 Å².